The third-order valence-electron chi connectivity index (χ3n) is 11.1. The maximum Gasteiger partial charge on any atom is 0.169 e. The van der Waals surface area contributed by atoms with Crippen molar-refractivity contribution in [3.63, 3.8) is 0 Å². The minimum Gasteiger partial charge on any atom is -0.313 e. The molecule has 0 saturated carbocycles. The van der Waals surface area contributed by atoms with Crippen molar-refractivity contribution in [2.75, 3.05) is 13.1 Å². The minimum absolute atomic E-state index is 0.934. The number of hydrogen-bond donors (Lipinski definition) is 2. The van der Waals surface area contributed by atoms with E-state index in [2.05, 4.69) is 199 Å². The summed E-state index contributed by atoms with van der Waals surface area (Å²) < 4.78 is 13.4. The SMILES string of the molecule is C[n+]1ccc(-c2cc[n+](CCCCCC[n+]3ccc(CNCCCCNCc4cc[n+](CCCCCC[n+]5ccc(-c6cc[n+](C)cc6)cc5)cc4)cc3)cc2)cc1. The first-order valence-electron chi connectivity index (χ1n) is 21.8. The van der Waals surface area contributed by atoms with Gasteiger partial charge in [0.15, 0.2) is 74.4 Å². The normalized spacial score (nSPS) is 11.3. The summed E-state index contributed by atoms with van der Waals surface area (Å²) in [6.07, 6.45) is 38.5. The highest BCUT2D eigenvalue weighted by Crippen LogP contribution is 2.16. The lowest BCUT2D eigenvalue weighted by Crippen LogP contribution is -2.33. The molecule has 0 bridgehead atoms. The van der Waals surface area contributed by atoms with Gasteiger partial charge >= 0.3 is 0 Å². The van der Waals surface area contributed by atoms with Crippen LogP contribution in [0.2, 0.25) is 0 Å². The molecule has 0 unspecified atom stereocenters. The van der Waals surface area contributed by atoms with E-state index in [9.17, 15) is 0 Å². The van der Waals surface area contributed by atoms with E-state index in [0.29, 0.717) is 0 Å². The Morgan fingerprint density at radius 1 is 0.310 bits per heavy atom. The van der Waals surface area contributed by atoms with Gasteiger partial charge in [-0.3, -0.25) is 0 Å². The topological polar surface area (TPSA) is 47.3 Å². The van der Waals surface area contributed by atoms with Crippen LogP contribution in [0.1, 0.15) is 75.3 Å². The number of nitrogens with one attached hydrogen (secondary N) is 2. The van der Waals surface area contributed by atoms with E-state index in [0.717, 1.165) is 52.4 Å². The lowest BCUT2D eigenvalue weighted by Gasteiger charge is -2.07. The van der Waals surface area contributed by atoms with Gasteiger partial charge in [0.2, 0.25) is 0 Å². The largest absolute Gasteiger partial charge is 0.313 e. The predicted molar refractivity (Wildman–Crippen MR) is 229 cm³/mol. The number of nitrogens with zero attached hydrogens (tertiary/aromatic N) is 6. The molecule has 8 nitrogen and oxygen atoms in total. The molecule has 6 heterocycles. The van der Waals surface area contributed by atoms with Crippen LogP contribution in [0.25, 0.3) is 22.3 Å². The molecular formula is C50H68N8+6. The standard InChI is InChI=1S/C50H68N8/c1-53-31-17-47(18-32-53)49-21-39-57(40-22-49)29-11-5-3-9-27-55-35-13-45(14-36-55)43-51-25-7-8-26-52-44-46-15-37-56(38-16-46)28-10-4-6-12-30-58-41-23-50(24-42-58)48-19-33-54(2)34-20-48/h13-24,31-42,51-52H,3-12,25-30,43-44H2,1-2H3/q+6. The van der Waals surface area contributed by atoms with Crippen molar-refractivity contribution in [2.45, 2.75) is 103 Å². The molecule has 8 heteroatoms. The fraction of sp³-hybridized carbons (Fsp3) is 0.400. The van der Waals surface area contributed by atoms with Gasteiger partial charge in [-0.2, -0.15) is 0 Å². The van der Waals surface area contributed by atoms with Crippen molar-refractivity contribution in [2.24, 2.45) is 14.1 Å². The Hall–Kier alpha value is -5.18. The molecule has 6 rings (SSSR count). The van der Waals surface area contributed by atoms with E-state index in [4.69, 9.17) is 0 Å². The first-order chi connectivity index (χ1) is 28.6. The minimum atomic E-state index is 0.934. The second-order valence-electron chi connectivity index (χ2n) is 15.9. The van der Waals surface area contributed by atoms with Crippen LogP contribution < -0.4 is 38.0 Å². The van der Waals surface area contributed by atoms with Gasteiger partial charge in [-0.1, -0.05) is 0 Å². The van der Waals surface area contributed by atoms with Crippen molar-refractivity contribution in [1.82, 2.24) is 10.6 Å². The van der Waals surface area contributed by atoms with Crippen LogP contribution in [-0.2, 0) is 53.4 Å². The smallest absolute Gasteiger partial charge is 0.169 e. The first kappa shape index (κ1) is 42.4. The summed E-state index contributed by atoms with van der Waals surface area (Å²) in [6.45, 7) is 8.31. The van der Waals surface area contributed by atoms with Crippen molar-refractivity contribution in [3.8, 4) is 22.3 Å². The Labute approximate surface area is 348 Å². The van der Waals surface area contributed by atoms with Gasteiger partial charge in [0.05, 0.1) is 0 Å². The van der Waals surface area contributed by atoms with E-state index < -0.39 is 0 Å². The van der Waals surface area contributed by atoms with E-state index in [-0.39, 0.29) is 0 Å². The quantitative estimate of drug-likeness (QED) is 0.0554. The highest BCUT2D eigenvalue weighted by atomic mass is 14.9. The molecule has 0 amide bonds. The fourth-order valence-electron chi connectivity index (χ4n) is 7.34. The average Bonchev–Trinajstić information content (AvgIpc) is 3.26. The Morgan fingerprint density at radius 3 is 0.862 bits per heavy atom. The zero-order valence-corrected chi connectivity index (χ0v) is 35.3. The summed E-state index contributed by atoms with van der Waals surface area (Å²) in [6, 6.07) is 26.6. The summed E-state index contributed by atoms with van der Waals surface area (Å²) in [5, 5.41) is 7.26. The third kappa shape index (κ3) is 15.0. The number of hydrogen-bond acceptors (Lipinski definition) is 2. The Bertz CT molecular complexity index is 1860. The van der Waals surface area contributed by atoms with Gasteiger partial charge in [0, 0.05) is 112 Å². The molecular weight excluding hydrogens is 713 g/mol. The van der Waals surface area contributed by atoms with Gasteiger partial charge in [0.1, 0.15) is 40.3 Å². The number of aromatic nitrogens is 6. The fourth-order valence-corrected chi connectivity index (χ4v) is 7.34. The molecule has 0 aliphatic rings. The molecule has 0 aliphatic heterocycles. The molecule has 2 N–H and O–H groups in total. The molecule has 302 valence electrons. The maximum absolute atomic E-state index is 3.63. The van der Waals surface area contributed by atoms with Crippen LogP contribution in [0.4, 0.5) is 0 Å². The molecule has 0 radical (unpaired) electrons. The zero-order valence-electron chi connectivity index (χ0n) is 35.3. The second-order valence-corrected chi connectivity index (χ2v) is 15.9. The number of pyridine rings is 6. The van der Waals surface area contributed by atoms with Crippen LogP contribution in [0.5, 0.6) is 0 Å². The summed E-state index contributed by atoms with van der Waals surface area (Å²) in [4.78, 5) is 0. The predicted octanol–water partition coefficient (Wildman–Crippen LogP) is 6.00. The molecule has 6 aromatic heterocycles. The van der Waals surface area contributed by atoms with Gasteiger partial charge < -0.3 is 10.6 Å². The van der Waals surface area contributed by atoms with Gasteiger partial charge in [-0.05, 0) is 85.0 Å². The summed E-state index contributed by atoms with van der Waals surface area (Å²) in [7, 11) is 4.10. The van der Waals surface area contributed by atoms with Crippen LogP contribution >= 0.6 is 0 Å². The lowest BCUT2D eigenvalue weighted by atomic mass is 10.1. The van der Waals surface area contributed by atoms with Crippen LogP contribution in [-0.4, -0.2) is 13.1 Å². The molecule has 0 atom stereocenters. The lowest BCUT2D eigenvalue weighted by molar-refractivity contribution is -0.698. The van der Waals surface area contributed by atoms with Crippen molar-refractivity contribution in [3.05, 3.63) is 158 Å². The highest BCUT2D eigenvalue weighted by molar-refractivity contribution is 5.61. The Morgan fingerprint density at radius 2 is 0.569 bits per heavy atom. The molecule has 0 saturated heterocycles. The summed E-state index contributed by atoms with van der Waals surface area (Å²) in [5.74, 6) is 0. The highest BCUT2D eigenvalue weighted by Gasteiger charge is 2.08. The monoisotopic (exact) mass is 781 g/mol. The number of rotatable bonds is 25. The van der Waals surface area contributed by atoms with Crippen LogP contribution in [0, 0.1) is 0 Å². The van der Waals surface area contributed by atoms with E-state index in [1.807, 2.05) is 0 Å². The van der Waals surface area contributed by atoms with E-state index in [1.165, 1.54) is 97.6 Å². The van der Waals surface area contributed by atoms with Crippen molar-refractivity contribution < 1.29 is 27.4 Å². The zero-order chi connectivity index (χ0) is 40.0. The number of unbranched alkanes of at least 4 members (excludes halogenated alkanes) is 7. The Kier molecular flexibility index (Phi) is 17.5. The van der Waals surface area contributed by atoms with Gasteiger partial charge in [-0.15, -0.1) is 0 Å². The molecule has 6 aromatic rings. The molecule has 0 aromatic carbocycles. The summed E-state index contributed by atoms with van der Waals surface area (Å²) >= 11 is 0. The van der Waals surface area contributed by atoms with Crippen molar-refractivity contribution in [1.29, 1.82) is 0 Å². The molecule has 0 aliphatic carbocycles. The van der Waals surface area contributed by atoms with Crippen LogP contribution in [0.3, 0.4) is 0 Å². The average molecular weight is 781 g/mol. The molecule has 0 fully saturated rings. The number of aryl methyl sites for hydroxylation is 6. The van der Waals surface area contributed by atoms with Crippen molar-refractivity contribution >= 4 is 0 Å². The Balaban J connectivity index is 0.721. The second kappa shape index (κ2) is 23.9. The van der Waals surface area contributed by atoms with Gasteiger partial charge in [-0.25, -0.2) is 27.4 Å². The molecule has 58 heavy (non-hydrogen) atoms. The maximum atomic E-state index is 3.63. The summed E-state index contributed by atoms with van der Waals surface area (Å²) in [5.41, 5.74) is 7.78. The molecule has 0 spiro atoms. The first-order valence-corrected chi connectivity index (χ1v) is 21.8. The van der Waals surface area contributed by atoms with Gasteiger partial charge in [0.25, 0.3) is 0 Å². The third-order valence-corrected chi connectivity index (χ3v) is 11.1. The van der Waals surface area contributed by atoms with E-state index in [1.54, 1.807) is 0 Å². The van der Waals surface area contributed by atoms with E-state index >= 15 is 0 Å². The van der Waals surface area contributed by atoms with Crippen LogP contribution in [0.15, 0.2) is 147 Å².